The molecule has 180 valence electrons. The van der Waals surface area contributed by atoms with Crippen LogP contribution in [-0.2, 0) is 6.54 Å². The van der Waals surface area contributed by atoms with E-state index in [-0.39, 0.29) is 6.03 Å². The Morgan fingerprint density at radius 3 is 2.11 bits per heavy atom. The summed E-state index contributed by atoms with van der Waals surface area (Å²) in [4.78, 5) is 20.4. The number of aromatic nitrogens is 2. The zero-order chi connectivity index (χ0) is 24.5. The van der Waals surface area contributed by atoms with Crippen LogP contribution < -0.4 is 20.1 Å². The van der Waals surface area contributed by atoms with Crippen LogP contribution in [-0.4, -0.2) is 42.5 Å². The van der Waals surface area contributed by atoms with Gasteiger partial charge in [-0.2, -0.15) is 0 Å². The molecule has 0 saturated carbocycles. The number of nitrogens with one attached hydrogen (secondary N) is 3. The summed E-state index contributed by atoms with van der Waals surface area (Å²) in [5, 5.41) is 6.55. The smallest absolute Gasteiger partial charge is 0.315 e. The fraction of sp³-hybridized carbons (Fsp3) is 0.185. The number of hydrogen-bond donors (Lipinski definition) is 3. The van der Waals surface area contributed by atoms with Crippen molar-refractivity contribution in [2.45, 2.75) is 11.7 Å². The molecule has 0 atom stereocenters. The van der Waals surface area contributed by atoms with Crippen LogP contribution in [0.3, 0.4) is 0 Å². The number of benzene rings is 3. The Kier molecular flexibility index (Phi) is 8.30. The number of carbonyl (C=O) groups excluding carboxylic acids is 1. The molecule has 0 fully saturated rings. The maximum absolute atomic E-state index is 12.1. The van der Waals surface area contributed by atoms with Crippen LogP contribution in [0.2, 0.25) is 0 Å². The Hall–Kier alpha value is -3.91. The van der Waals surface area contributed by atoms with E-state index in [1.165, 1.54) is 0 Å². The zero-order valence-electron chi connectivity index (χ0n) is 19.7. The lowest BCUT2D eigenvalue weighted by atomic mass is 10.0. The normalized spacial score (nSPS) is 10.6. The fourth-order valence-corrected chi connectivity index (χ4v) is 4.22. The van der Waals surface area contributed by atoms with E-state index in [1.54, 1.807) is 26.0 Å². The number of hydrogen-bond acceptors (Lipinski definition) is 5. The van der Waals surface area contributed by atoms with E-state index in [0.29, 0.717) is 18.8 Å². The molecule has 4 rings (SSSR count). The molecule has 8 heteroatoms. The molecule has 3 aromatic carbocycles. The van der Waals surface area contributed by atoms with Crippen LogP contribution in [0.5, 0.6) is 11.5 Å². The predicted molar refractivity (Wildman–Crippen MR) is 140 cm³/mol. The van der Waals surface area contributed by atoms with Crippen molar-refractivity contribution in [2.75, 3.05) is 26.5 Å². The van der Waals surface area contributed by atoms with Crippen molar-refractivity contribution in [3.63, 3.8) is 0 Å². The van der Waals surface area contributed by atoms with Crippen LogP contribution in [0.25, 0.3) is 22.5 Å². The zero-order valence-corrected chi connectivity index (χ0v) is 20.5. The molecule has 2 amide bonds. The molecular weight excluding hydrogens is 460 g/mol. The van der Waals surface area contributed by atoms with Gasteiger partial charge in [-0.05, 0) is 54.1 Å². The summed E-state index contributed by atoms with van der Waals surface area (Å²) in [6, 6.07) is 25.3. The van der Waals surface area contributed by atoms with Crippen molar-refractivity contribution in [1.29, 1.82) is 0 Å². The van der Waals surface area contributed by atoms with E-state index in [4.69, 9.17) is 14.5 Å². The first kappa shape index (κ1) is 24.2. The largest absolute Gasteiger partial charge is 0.497 e. The summed E-state index contributed by atoms with van der Waals surface area (Å²) >= 11 is 1.56. The van der Waals surface area contributed by atoms with E-state index in [9.17, 15) is 4.79 Å². The summed E-state index contributed by atoms with van der Waals surface area (Å²) in [5.74, 6) is 2.27. The fourth-order valence-electron chi connectivity index (χ4n) is 3.50. The average Bonchev–Trinajstić information content (AvgIpc) is 3.35. The van der Waals surface area contributed by atoms with Gasteiger partial charge in [-0.3, -0.25) is 0 Å². The van der Waals surface area contributed by atoms with Gasteiger partial charge in [0, 0.05) is 30.0 Å². The third kappa shape index (κ3) is 6.58. The molecule has 7 nitrogen and oxygen atoms in total. The molecular formula is C27H28N4O3S. The molecule has 1 heterocycles. The minimum absolute atomic E-state index is 0.188. The highest BCUT2D eigenvalue weighted by Crippen LogP contribution is 2.34. The number of aromatic amines is 1. The number of nitrogens with zero attached hydrogens (tertiary/aromatic N) is 1. The van der Waals surface area contributed by atoms with Crippen molar-refractivity contribution < 1.29 is 14.3 Å². The van der Waals surface area contributed by atoms with Gasteiger partial charge < -0.3 is 25.1 Å². The summed E-state index contributed by atoms with van der Waals surface area (Å²) in [6.07, 6.45) is 0. The topological polar surface area (TPSA) is 88.3 Å². The Morgan fingerprint density at radius 2 is 1.49 bits per heavy atom. The summed E-state index contributed by atoms with van der Waals surface area (Å²) in [5.41, 5.74) is 4.83. The Balaban J connectivity index is 1.40. The van der Waals surface area contributed by atoms with Crippen LogP contribution in [0, 0.1) is 0 Å². The quantitative estimate of drug-likeness (QED) is 0.207. The van der Waals surface area contributed by atoms with Gasteiger partial charge in [0.25, 0.3) is 0 Å². The Bertz CT molecular complexity index is 1160. The van der Waals surface area contributed by atoms with E-state index < -0.39 is 0 Å². The van der Waals surface area contributed by atoms with Gasteiger partial charge in [0.05, 0.1) is 25.6 Å². The Labute approximate surface area is 209 Å². The minimum atomic E-state index is -0.188. The lowest BCUT2D eigenvalue weighted by molar-refractivity contribution is 0.241. The lowest BCUT2D eigenvalue weighted by Gasteiger charge is -2.07. The van der Waals surface area contributed by atoms with Gasteiger partial charge in [0.1, 0.15) is 11.5 Å². The number of H-pyrrole nitrogens is 1. The number of methoxy groups -OCH3 is 2. The molecule has 0 unspecified atom stereocenters. The summed E-state index contributed by atoms with van der Waals surface area (Å²) in [7, 11) is 3.30. The summed E-state index contributed by atoms with van der Waals surface area (Å²) in [6.45, 7) is 1.01. The number of imidazole rings is 1. The predicted octanol–water partition coefficient (Wildman–Crippen LogP) is 5.35. The van der Waals surface area contributed by atoms with Crippen molar-refractivity contribution in [2.24, 2.45) is 0 Å². The molecule has 4 aromatic rings. The highest BCUT2D eigenvalue weighted by Gasteiger charge is 2.15. The molecule has 0 saturated heterocycles. The van der Waals surface area contributed by atoms with Crippen molar-refractivity contribution in [3.05, 3.63) is 84.4 Å². The standard InChI is InChI=1S/C27H28N4O3S/c1-33-22-12-8-20(9-13-22)24-25(21-10-14-23(34-2)15-11-21)31-27(30-24)35-17-16-28-26(32)29-18-19-6-4-3-5-7-19/h3-15H,16-18H2,1-2H3,(H,30,31)(H2,28,29,32). The number of amides is 2. The maximum Gasteiger partial charge on any atom is 0.315 e. The second-order valence-electron chi connectivity index (χ2n) is 7.67. The van der Waals surface area contributed by atoms with Crippen LogP contribution in [0.4, 0.5) is 4.79 Å². The van der Waals surface area contributed by atoms with Crippen LogP contribution in [0.15, 0.2) is 84.0 Å². The molecule has 3 N–H and O–H groups in total. The average molecular weight is 489 g/mol. The second kappa shape index (κ2) is 12.0. The number of ether oxygens (including phenoxy) is 2. The molecule has 35 heavy (non-hydrogen) atoms. The third-order valence-corrected chi connectivity index (χ3v) is 6.22. The van der Waals surface area contributed by atoms with E-state index in [0.717, 1.165) is 44.7 Å². The van der Waals surface area contributed by atoms with Crippen molar-refractivity contribution in [3.8, 4) is 34.0 Å². The monoisotopic (exact) mass is 488 g/mol. The van der Waals surface area contributed by atoms with Gasteiger partial charge in [-0.1, -0.05) is 42.1 Å². The molecule has 0 bridgehead atoms. The van der Waals surface area contributed by atoms with Gasteiger partial charge in [-0.25, -0.2) is 9.78 Å². The Morgan fingerprint density at radius 1 is 0.857 bits per heavy atom. The minimum Gasteiger partial charge on any atom is -0.497 e. The lowest BCUT2D eigenvalue weighted by Crippen LogP contribution is -2.36. The number of thioether (sulfide) groups is 1. The summed E-state index contributed by atoms with van der Waals surface area (Å²) < 4.78 is 10.6. The van der Waals surface area contributed by atoms with Gasteiger partial charge >= 0.3 is 6.03 Å². The molecule has 0 aliphatic rings. The number of rotatable bonds is 10. The van der Waals surface area contributed by atoms with Crippen molar-refractivity contribution in [1.82, 2.24) is 20.6 Å². The molecule has 1 aromatic heterocycles. The van der Waals surface area contributed by atoms with E-state index >= 15 is 0 Å². The van der Waals surface area contributed by atoms with Gasteiger partial charge in [0.15, 0.2) is 5.16 Å². The van der Waals surface area contributed by atoms with Gasteiger partial charge in [-0.15, -0.1) is 0 Å². The highest BCUT2D eigenvalue weighted by molar-refractivity contribution is 7.99. The number of carbonyl (C=O) groups is 1. The molecule has 0 spiro atoms. The first-order chi connectivity index (χ1) is 17.2. The second-order valence-corrected chi connectivity index (χ2v) is 8.75. The van der Waals surface area contributed by atoms with Crippen LogP contribution >= 0.6 is 11.8 Å². The third-order valence-electron chi connectivity index (χ3n) is 5.35. The highest BCUT2D eigenvalue weighted by atomic mass is 32.2. The first-order valence-electron chi connectivity index (χ1n) is 11.2. The number of urea groups is 1. The molecule has 0 radical (unpaired) electrons. The van der Waals surface area contributed by atoms with Crippen LogP contribution in [0.1, 0.15) is 5.56 Å². The SMILES string of the molecule is COc1ccc(-c2nc(SCCNC(=O)NCc3ccccc3)[nH]c2-c2ccc(OC)cc2)cc1. The molecule has 0 aliphatic carbocycles. The first-order valence-corrected chi connectivity index (χ1v) is 12.2. The van der Waals surface area contributed by atoms with Gasteiger partial charge in [0.2, 0.25) is 0 Å². The van der Waals surface area contributed by atoms with E-state index in [1.807, 2.05) is 78.9 Å². The van der Waals surface area contributed by atoms with E-state index in [2.05, 4.69) is 15.6 Å². The maximum atomic E-state index is 12.1. The molecule has 0 aliphatic heterocycles. The van der Waals surface area contributed by atoms with Crippen molar-refractivity contribution >= 4 is 17.8 Å².